The molecule has 202 valence electrons. The second kappa shape index (κ2) is 11.5. The number of alkyl halides is 2. The normalized spacial score (nSPS) is 14.8. The summed E-state index contributed by atoms with van der Waals surface area (Å²) in [4.78, 5) is 4.27. The van der Waals surface area contributed by atoms with Crippen LogP contribution in [0.3, 0.4) is 0 Å². The maximum Gasteiger partial charge on any atom is 0.308 e. The zero-order chi connectivity index (χ0) is 26.5. The van der Waals surface area contributed by atoms with Crippen molar-refractivity contribution in [2.75, 3.05) is 0 Å². The number of H-pyrrole nitrogens is 1. The van der Waals surface area contributed by atoms with E-state index in [1.807, 2.05) is 12.1 Å². The first kappa shape index (κ1) is 26.2. The Kier molecular flexibility index (Phi) is 7.95. The molecule has 10 heteroatoms. The molecule has 0 aliphatic heterocycles. The molecule has 1 N–H and O–H groups in total. The first-order valence-electron chi connectivity index (χ1n) is 13.9. The number of unbranched alkanes of at least 4 members (excludes halogenated alkanes) is 1. The highest BCUT2D eigenvalue weighted by Crippen LogP contribution is 2.37. The van der Waals surface area contributed by atoms with E-state index in [9.17, 15) is 8.78 Å². The topological polar surface area (TPSA) is 90.1 Å². The van der Waals surface area contributed by atoms with Crippen LogP contribution in [0.25, 0.3) is 17.2 Å². The van der Waals surface area contributed by atoms with Crippen LogP contribution in [0.4, 0.5) is 8.78 Å². The van der Waals surface area contributed by atoms with Gasteiger partial charge in [0, 0.05) is 24.2 Å². The van der Waals surface area contributed by atoms with E-state index >= 15 is 0 Å². The van der Waals surface area contributed by atoms with Gasteiger partial charge in [0.2, 0.25) is 5.82 Å². The van der Waals surface area contributed by atoms with Gasteiger partial charge in [0.05, 0.1) is 12.2 Å². The number of hydrogen-bond donors (Lipinski definition) is 1. The lowest BCUT2D eigenvalue weighted by Gasteiger charge is -2.24. The lowest BCUT2D eigenvalue weighted by Crippen LogP contribution is -2.16. The Bertz CT molecular complexity index is 1300. The number of halogens is 2. The second-order valence-corrected chi connectivity index (χ2v) is 10.3. The average molecular weight is 523 g/mol. The molecule has 1 fully saturated rings. The summed E-state index contributed by atoms with van der Waals surface area (Å²) in [6.45, 7) is 4.23. The van der Waals surface area contributed by atoms with E-state index in [0.717, 1.165) is 29.8 Å². The molecule has 1 aliphatic carbocycles. The smallest absolute Gasteiger partial charge is 0.308 e. The van der Waals surface area contributed by atoms with Crippen LogP contribution >= 0.6 is 0 Å². The van der Waals surface area contributed by atoms with Crippen LogP contribution in [0.2, 0.25) is 0 Å². The van der Waals surface area contributed by atoms with Crippen LogP contribution in [0.5, 0.6) is 0 Å². The summed E-state index contributed by atoms with van der Waals surface area (Å²) >= 11 is 0. The van der Waals surface area contributed by atoms with Gasteiger partial charge in [0.15, 0.2) is 5.82 Å². The van der Waals surface area contributed by atoms with Gasteiger partial charge < -0.3 is 4.57 Å². The van der Waals surface area contributed by atoms with Crippen LogP contribution in [-0.4, -0.2) is 40.0 Å². The number of nitrogens with one attached hydrogen (secondary N) is 1. The Morgan fingerprint density at radius 3 is 2.47 bits per heavy atom. The summed E-state index contributed by atoms with van der Waals surface area (Å²) in [5.41, 5.74) is 4.19. The van der Waals surface area contributed by atoms with Gasteiger partial charge in [-0.05, 0) is 71.9 Å². The van der Waals surface area contributed by atoms with Crippen LogP contribution in [-0.2, 0) is 18.9 Å². The molecule has 38 heavy (non-hydrogen) atoms. The standard InChI is InChI=1S/C28H36F2N8/c1-3-5-11-25-31-27(28(29,30)18-4-2)34-37(25)19-20-12-14-22(15-13-20)38-23(21-9-7-6-8-10-21)16-17-24(38)26-32-35-36-33-26/h12-17,21H,3-11,18-19H2,1-2H3,(H,32,33,35,36). The third-order valence-electron chi connectivity index (χ3n) is 7.44. The Morgan fingerprint density at radius 1 is 1.00 bits per heavy atom. The van der Waals surface area contributed by atoms with Crippen molar-refractivity contribution in [2.45, 2.75) is 96.4 Å². The number of aromatic amines is 1. The Labute approximate surface area is 221 Å². The summed E-state index contributed by atoms with van der Waals surface area (Å²) in [6.07, 6.45) is 8.73. The van der Waals surface area contributed by atoms with E-state index in [2.05, 4.69) is 66.5 Å². The number of hydrogen-bond acceptors (Lipinski definition) is 5. The molecular weight excluding hydrogens is 486 g/mol. The van der Waals surface area contributed by atoms with E-state index in [0.29, 0.717) is 37.0 Å². The quantitative estimate of drug-likeness (QED) is 0.240. The largest absolute Gasteiger partial charge is 0.310 e. The summed E-state index contributed by atoms with van der Waals surface area (Å²) in [5, 5.41) is 18.9. The molecule has 1 saturated carbocycles. The van der Waals surface area contributed by atoms with Crippen molar-refractivity contribution >= 4 is 0 Å². The van der Waals surface area contributed by atoms with Crippen molar-refractivity contribution in [1.82, 2.24) is 40.0 Å². The van der Waals surface area contributed by atoms with Crippen LogP contribution in [0.1, 0.15) is 100 Å². The fourth-order valence-electron chi connectivity index (χ4n) is 5.44. The van der Waals surface area contributed by atoms with Crippen molar-refractivity contribution < 1.29 is 8.78 Å². The summed E-state index contributed by atoms with van der Waals surface area (Å²) < 4.78 is 33.1. The van der Waals surface area contributed by atoms with E-state index in [4.69, 9.17) is 0 Å². The number of aryl methyl sites for hydroxylation is 1. The van der Waals surface area contributed by atoms with Gasteiger partial charge in [0.25, 0.3) is 0 Å². The number of rotatable bonds is 11. The molecule has 0 radical (unpaired) electrons. The number of aromatic nitrogens is 8. The molecule has 5 rings (SSSR count). The lowest BCUT2D eigenvalue weighted by atomic mass is 9.87. The maximum atomic E-state index is 14.6. The van der Waals surface area contributed by atoms with Gasteiger partial charge in [-0.15, -0.1) is 10.2 Å². The predicted octanol–water partition coefficient (Wildman–Crippen LogP) is 6.58. The van der Waals surface area contributed by atoms with Gasteiger partial charge in [-0.25, -0.2) is 14.8 Å². The molecule has 0 saturated heterocycles. The molecule has 0 amide bonds. The van der Waals surface area contributed by atoms with Gasteiger partial charge in [-0.2, -0.15) is 8.78 Å². The van der Waals surface area contributed by atoms with Crippen molar-refractivity contribution in [1.29, 1.82) is 0 Å². The maximum absolute atomic E-state index is 14.6. The minimum atomic E-state index is -3.01. The van der Waals surface area contributed by atoms with Gasteiger partial charge >= 0.3 is 5.92 Å². The van der Waals surface area contributed by atoms with E-state index in [1.165, 1.54) is 37.8 Å². The minimum Gasteiger partial charge on any atom is -0.310 e. The fourth-order valence-corrected chi connectivity index (χ4v) is 5.44. The third-order valence-corrected chi connectivity index (χ3v) is 7.44. The highest BCUT2D eigenvalue weighted by molar-refractivity contribution is 5.57. The molecule has 0 bridgehead atoms. The average Bonchev–Trinajstić information content (AvgIpc) is 3.68. The van der Waals surface area contributed by atoms with Crippen molar-refractivity contribution in [3.63, 3.8) is 0 Å². The zero-order valence-corrected chi connectivity index (χ0v) is 22.2. The molecule has 3 aromatic heterocycles. The predicted molar refractivity (Wildman–Crippen MR) is 141 cm³/mol. The molecule has 0 spiro atoms. The summed E-state index contributed by atoms with van der Waals surface area (Å²) in [5.74, 6) is -1.64. The SMILES string of the molecule is CCCCc1nc(C(F)(F)CCC)nn1Cc1ccc(-n2c(-c3nnn[nH]3)ccc2C2CCCCC2)cc1. The second-order valence-electron chi connectivity index (χ2n) is 10.3. The minimum absolute atomic E-state index is 0.248. The van der Waals surface area contributed by atoms with Crippen LogP contribution in [0.15, 0.2) is 36.4 Å². The van der Waals surface area contributed by atoms with Gasteiger partial charge in [-0.3, -0.25) is 0 Å². The van der Waals surface area contributed by atoms with E-state index in [1.54, 1.807) is 11.6 Å². The molecular formula is C28H36F2N8. The highest BCUT2D eigenvalue weighted by atomic mass is 19.3. The molecule has 1 aromatic carbocycles. The van der Waals surface area contributed by atoms with Crippen molar-refractivity contribution in [2.24, 2.45) is 0 Å². The number of benzene rings is 1. The molecule has 1 aliphatic rings. The summed E-state index contributed by atoms with van der Waals surface area (Å²) in [7, 11) is 0. The molecule has 3 heterocycles. The Morgan fingerprint density at radius 2 is 1.79 bits per heavy atom. The number of nitrogens with zero attached hydrogens (tertiary/aromatic N) is 7. The molecule has 8 nitrogen and oxygen atoms in total. The lowest BCUT2D eigenvalue weighted by molar-refractivity contribution is -0.0232. The van der Waals surface area contributed by atoms with Crippen molar-refractivity contribution in [3.05, 3.63) is 59.3 Å². The van der Waals surface area contributed by atoms with Crippen molar-refractivity contribution in [3.8, 4) is 17.2 Å². The Balaban J connectivity index is 1.44. The van der Waals surface area contributed by atoms with Gasteiger partial charge in [-0.1, -0.05) is 51.7 Å². The first-order chi connectivity index (χ1) is 18.5. The van der Waals surface area contributed by atoms with Crippen LogP contribution < -0.4 is 0 Å². The van der Waals surface area contributed by atoms with Crippen LogP contribution in [0, 0.1) is 0 Å². The fraction of sp³-hybridized carbons (Fsp3) is 0.536. The highest BCUT2D eigenvalue weighted by Gasteiger charge is 2.36. The van der Waals surface area contributed by atoms with Gasteiger partial charge in [0.1, 0.15) is 5.82 Å². The third kappa shape index (κ3) is 5.54. The number of tetrazole rings is 1. The molecule has 4 aromatic rings. The Hall–Kier alpha value is -3.43. The monoisotopic (exact) mass is 522 g/mol. The first-order valence-corrected chi connectivity index (χ1v) is 13.9. The zero-order valence-electron chi connectivity index (χ0n) is 22.2. The van der Waals surface area contributed by atoms with E-state index < -0.39 is 5.92 Å². The molecule has 0 unspecified atom stereocenters. The molecule has 0 atom stereocenters. The van der Waals surface area contributed by atoms with E-state index in [-0.39, 0.29) is 12.2 Å². The summed E-state index contributed by atoms with van der Waals surface area (Å²) in [6, 6.07) is 12.5.